The van der Waals surface area contributed by atoms with Gasteiger partial charge in [0.05, 0.1) is 23.7 Å². The maximum absolute atomic E-state index is 14.0. The maximum Gasteiger partial charge on any atom is 0.293 e. The van der Waals surface area contributed by atoms with Gasteiger partial charge in [-0.05, 0) is 118 Å². The van der Waals surface area contributed by atoms with Crippen LogP contribution in [0.2, 0.25) is 5.02 Å². The normalized spacial score (nSPS) is 18.8. The number of nitrogens with one attached hydrogen (secondary N) is 2. The molecule has 15 nitrogen and oxygen atoms in total. The predicted octanol–water partition coefficient (Wildman–Crippen LogP) is 6.82. The molecule has 0 saturated carbocycles. The molecule has 9 rings (SSSR count). The Labute approximate surface area is 397 Å². The number of aromatic nitrogens is 4. The van der Waals surface area contributed by atoms with E-state index in [0.29, 0.717) is 63.9 Å². The van der Waals surface area contributed by atoms with E-state index in [1.807, 2.05) is 44.2 Å². The van der Waals surface area contributed by atoms with E-state index in [4.69, 9.17) is 22.3 Å². The number of benzene rings is 2. The summed E-state index contributed by atoms with van der Waals surface area (Å²) >= 11 is 6.52. The Balaban J connectivity index is 0.916. The van der Waals surface area contributed by atoms with E-state index in [9.17, 15) is 19.5 Å². The number of amides is 2. The Hall–Kier alpha value is -6.00. The van der Waals surface area contributed by atoms with E-state index in [0.717, 1.165) is 75.3 Å². The van der Waals surface area contributed by atoms with E-state index < -0.39 is 12.1 Å². The molecule has 2 aromatic carbocycles. The third-order valence-corrected chi connectivity index (χ3v) is 14.4. The summed E-state index contributed by atoms with van der Waals surface area (Å²) in [5, 5.41) is 17.8. The Morgan fingerprint density at radius 2 is 1.81 bits per heavy atom. The fourth-order valence-corrected chi connectivity index (χ4v) is 11.1. The molecule has 3 aliphatic heterocycles. The maximum atomic E-state index is 14.0. The Morgan fingerprint density at radius 3 is 2.52 bits per heavy atom. The van der Waals surface area contributed by atoms with Crippen molar-refractivity contribution in [1.82, 2.24) is 24.0 Å². The molecule has 5 aromatic rings. The highest BCUT2D eigenvalue weighted by Gasteiger charge is 2.38. The first kappa shape index (κ1) is 46.1. The Kier molecular flexibility index (Phi) is 12.3. The number of halogens is 1. The lowest BCUT2D eigenvalue weighted by Gasteiger charge is -2.47. The zero-order chi connectivity index (χ0) is 47.5. The van der Waals surface area contributed by atoms with E-state index >= 15 is 0 Å². The van der Waals surface area contributed by atoms with Gasteiger partial charge in [0, 0.05) is 116 Å². The summed E-state index contributed by atoms with van der Waals surface area (Å²) in [6.45, 7) is 19.4. The second-order valence-electron chi connectivity index (χ2n) is 20.0. The van der Waals surface area contributed by atoms with Crippen LogP contribution in [0.25, 0.3) is 11.3 Å². The zero-order valence-electron chi connectivity index (χ0n) is 39.4. The van der Waals surface area contributed by atoms with Crippen molar-refractivity contribution in [2.75, 3.05) is 64.6 Å². The first-order valence-electron chi connectivity index (χ1n) is 23.3. The summed E-state index contributed by atoms with van der Waals surface area (Å²) in [7, 11) is 1.64. The van der Waals surface area contributed by atoms with Gasteiger partial charge in [-0.3, -0.25) is 24.2 Å². The fraction of sp³-hybridized carbons (Fsp3) is 0.431. The molecule has 0 radical (unpaired) electrons. The number of anilines is 6. The number of aryl methyl sites for hydroxylation is 1. The van der Waals surface area contributed by atoms with Gasteiger partial charge in [0.15, 0.2) is 5.82 Å². The van der Waals surface area contributed by atoms with Crippen LogP contribution in [0, 0.1) is 5.41 Å². The molecule has 16 heteroatoms. The summed E-state index contributed by atoms with van der Waals surface area (Å²) in [5.74, 6) is -0.102. The van der Waals surface area contributed by atoms with Crippen molar-refractivity contribution in [3.63, 3.8) is 0 Å². The van der Waals surface area contributed by atoms with E-state index in [2.05, 4.69) is 74.4 Å². The smallest absolute Gasteiger partial charge is 0.293 e. The number of nitrogens with zero attached hydrogens (tertiary/aromatic N) is 8. The van der Waals surface area contributed by atoms with Crippen LogP contribution in [0.5, 0.6) is 0 Å². The predicted molar refractivity (Wildman–Crippen MR) is 267 cm³/mol. The standard InChI is InChI=1S/C51H62ClN11O4/c1-8-45(65)56-40-24-33(9-12-42(40)61-20-19-60(28-31(61)2)34-14-17-59(18-15-34)35-10-11-39(52)38(25-35)51(5,6)53)55-46-49(67)58(7)29-41(57-46)36-13-16-54-47(37(36)30-64)63-22-21-62-43(48(63)66)23-32-26-50(3,4)27-44(32)62/h8-13,16,23-25,29,31,34,64H,1,14-15,17-22,26-28,30,53H2,2-7H3,(H,55,57)(H,56,65). The highest BCUT2D eigenvalue weighted by atomic mass is 35.5. The summed E-state index contributed by atoms with van der Waals surface area (Å²) in [6, 6.07) is 16.2. The minimum Gasteiger partial charge on any atom is -0.392 e. The van der Waals surface area contributed by atoms with Crippen LogP contribution in [0.1, 0.15) is 80.3 Å². The molecule has 1 aliphatic carbocycles. The molecule has 1 atom stereocenters. The van der Waals surface area contributed by atoms with E-state index in [1.165, 1.54) is 21.9 Å². The molecule has 6 heterocycles. The summed E-state index contributed by atoms with van der Waals surface area (Å²) in [5.41, 5.74) is 14.3. The lowest BCUT2D eigenvalue weighted by Crippen LogP contribution is -2.57. The summed E-state index contributed by atoms with van der Waals surface area (Å²) in [6.07, 6.45) is 8.40. The number of fused-ring (bicyclic) bond motifs is 3. The number of aliphatic hydroxyl groups excluding tert-OH is 1. The number of carbonyl (C=O) groups is 2. The Bertz CT molecular complexity index is 2820. The van der Waals surface area contributed by atoms with Gasteiger partial charge in [-0.25, -0.2) is 9.97 Å². The number of piperidine rings is 1. The van der Waals surface area contributed by atoms with Gasteiger partial charge in [-0.15, -0.1) is 0 Å². The van der Waals surface area contributed by atoms with Crippen LogP contribution in [-0.2, 0) is 43.4 Å². The number of hydrogen-bond acceptors (Lipinski definition) is 11. The average molecular weight is 929 g/mol. The second kappa shape index (κ2) is 17.9. The van der Waals surface area contributed by atoms with Gasteiger partial charge in [-0.2, -0.15) is 0 Å². The number of aliphatic hydroxyl groups is 1. The monoisotopic (exact) mass is 927 g/mol. The second-order valence-corrected chi connectivity index (χ2v) is 20.4. The molecule has 1 unspecified atom stereocenters. The van der Waals surface area contributed by atoms with Crippen molar-refractivity contribution in [3.05, 3.63) is 117 Å². The van der Waals surface area contributed by atoms with E-state index in [1.54, 1.807) is 30.4 Å². The highest BCUT2D eigenvalue weighted by molar-refractivity contribution is 6.31. The highest BCUT2D eigenvalue weighted by Crippen LogP contribution is 2.41. The zero-order valence-corrected chi connectivity index (χ0v) is 40.2. The van der Waals surface area contributed by atoms with Gasteiger partial charge in [-0.1, -0.05) is 32.0 Å². The molecule has 3 aromatic heterocycles. The number of carbonyl (C=O) groups excluding carboxylic acids is 2. The molecule has 352 valence electrons. The van der Waals surface area contributed by atoms with Crippen molar-refractivity contribution in [3.8, 4) is 11.3 Å². The minimum atomic E-state index is -0.529. The van der Waals surface area contributed by atoms with Gasteiger partial charge < -0.3 is 40.4 Å². The number of piperazine rings is 1. The molecule has 67 heavy (non-hydrogen) atoms. The number of rotatable bonds is 11. The van der Waals surface area contributed by atoms with E-state index in [-0.39, 0.29) is 34.6 Å². The quantitative estimate of drug-likeness (QED) is 0.103. The van der Waals surface area contributed by atoms with Crippen molar-refractivity contribution < 1.29 is 14.7 Å². The molecule has 0 spiro atoms. The average Bonchev–Trinajstić information content (AvgIpc) is 3.79. The molecular weight excluding hydrogens is 866 g/mol. The third kappa shape index (κ3) is 8.97. The molecule has 4 aliphatic rings. The first-order chi connectivity index (χ1) is 31.9. The van der Waals surface area contributed by atoms with Crippen molar-refractivity contribution >= 4 is 57.8 Å². The SMILES string of the molecule is C=CC(=O)Nc1cc(Nc2nc(-c3ccnc(N4CCn5c(cc6c5CC(C)(C)C6)C4=O)c3CO)cn(C)c2=O)ccc1N1CCN(C2CCN(c3ccc(Cl)c(C(C)(C)N)c3)CC2)CC1C. The molecule has 2 fully saturated rings. The molecule has 2 saturated heterocycles. The van der Waals surface area contributed by atoms with Crippen LogP contribution in [-0.4, -0.2) is 92.3 Å². The van der Waals surface area contributed by atoms with Crippen LogP contribution < -0.4 is 36.6 Å². The lowest BCUT2D eigenvalue weighted by atomic mass is 9.90. The molecular formula is C51H62ClN11O4. The van der Waals surface area contributed by atoms with Crippen molar-refractivity contribution in [1.29, 1.82) is 0 Å². The van der Waals surface area contributed by atoms with Crippen LogP contribution in [0.15, 0.2) is 78.4 Å². The van der Waals surface area contributed by atoms with Gasteiger partial charge in [0.2, 0.25) is 5.91 Å². The fourth-order valence-electron chi connectivity index (χ4n) is 10.7. The molecule has 5 N–H and O–H groups in total. The summed E-state index contributed by atoms with van der Waals surface area (Å²) in [4.78, 5) is 59.0. The van der Waals surface area contributed by atoms with Crippen LogP contribution in [0.3, 0.4) is 0 Å². The minimum absolute atomic E-state index is 0.0491. The number of pyridine rings is 1. The lowest BCUT2D eigenvalue weighted by molar-refractivity contribution is -0.111. The van der Waals surface area contributed by atoms with Gasteiger partial charge >= 0.3 is 0 Å². The number of nitrogens with two attached hydrogens (primary N) is 1. The van der Waals surface area contributed by atoms with Gasteiger partial charge in [0.25, 0.3) is 11.5 Å². The first-order valence-corrected chi connectivity index (χ1v) is 23.7. The topological polar surface area (TPSA) is 170 Å². The van der Waals surface area contributed by atoms with Crippen LogP contribution >= 0.6 is 11.6 Å². The van der Waals surface area contributed by atoms with Crippen molar-refractivity contribution in [2.24, 2.45) is 18.2 Å². The summed E-state index contributed by atoms with van der Waals surface area (Å²) < 4.78 is 3.58. The third-order valence-electron chi connectivity index (χ3n) is 14.1. The van der Waals surface area contributed by atoms with Crippen molar-refractivity contribution in [2.45, 2.75) is 91.1 Å². The molecule has 0 bridgehead atoms. The Morgan fingerprint density at radius 1 is 1.03 bits per heavy atom. The number of hydrogen-bond donors (Lipinski definition) is 4. The van der Waals surface area contributed by atoms with Crippen LogP contribution in [0.4, 0.5) is 34.4 Å². The van der Waals surface area contributed by atoms with Gasteiger partial charge in [0.1, 0.15) is 11.5 Å². The largest absolute Gasteiger partial charge is 0.392 e. The molecule has 2 amide bonds.